The summed E-state index contributed by atoms with van der Waals surface area (Å²) in [6, 6.07) is 0. The Labute approximate surface area is 107 Å². The van der Waals surface area contributed by atoms with Crippen molar-refractivity contribution in [2.45, 2.75) is 50.6 Å². The Morgan fingerprint density at radius 2 is 1.42 bits per heavy atom. The molecule has 1 N–H and O–H groups in total. The monoisotopic (exact) mass is 290 g/mol. The minimum Gasteiger partial charge on any atom is -0.374 e. The smallest absolute Gasteiger partial charge is 0.374 e. The van der Waals surface area contributed by atoms with E-state index < -0.39 is 30.3 Å². The van der Waals surface area contributed by atoms with Crippen LogP contribution >= 0.6 is 0 Å². The second-order valence-corrected chi connectivity index (χ2v) is 6.02. The number of rotatable bonds is 2. The van der Waals surface area contributed by atoms with Gasteiger partial charge in [0.1, 0.15) is 0 Å². The molecule has 0 aromatic heterocycles. The number of halogens is 6. The quantitative estimate of drug-likeness (QED) is 0.764. The van der Waals surface area contributed by atoms with Crippen LogP contribution in [0.5, 0.6) is 0 Å². The van der Waals surface area contributed by atoms with Crippen LogP contribution in [0.2, 0.25) is 0 Å². The molecule has 2 saturated carbocycles. The fraction of sp³-hybridized carbons (Fsp3) is 1.00. The average Bonchev–Trinajstić information content (AvgIpc) is 2.72. The van der Waals surface area contributed by atoms with Gasteiger partial charge in [0.05, 0.1) is 0 Å². The largest absolute Gasteiger partial charge is 0.426 e. The van der Waals surface area contributed by atoms with E-state index in [-0.39, 0.29) is 11.8 Å². The molecule has 2 bridgehead atoms. The van der Waals surface area contributed by atoms with Crippen molar-refractivity contribution in [3.05, 3.63) is 0 Å². The molecule has 2 fully saturated rings. The number of hydrogen-bond acceptors (Lipinski definition) is 1. The van der Waals surface area contributed by atoms with Crippen molar-refractivity contribution in [3.8, 4) is 0 Å². The summed E-state index contributed by atoms with van der Waals surface area (Å²) >= 11 is 0. The number of fused-ring (bicyclic) bond motifs is 2. The molecule has 19 heavy (non-hydrogen) atoms. The fourth-order valence-corrected chi connectivity index (χ4v) is 3.70. The van der Waals surface area contributed by atoms with Gasteiger partial charge in [0.15, 0.2) is 0 Å². The third-order valence-electron chi connectivity index (χ3n) is 4.85. The molecule has 112 valence electrons. The highest BCUT2D eigenvalue weighted by molar-refractivity contribution is 5.01. The molecule has 1 nitrogen and oxygen atoms in total. The molecule has 0 saturated heterocycles. The minimum absolute atomic E-state index is 0.115. The maximum Gasteiger partial charge on any atom is 0.426 e. The Kier molecular flexibility index (Phi) is 3.35. The minimum atomic E-state index is -5.68. The van der Waals surface area contributed by atoms with Crippen LogP contribution < -0.4 is 0 Å². The van der Waals surface area contributed by atoms with Gasteiger partial charge in [-0.1, -0.05) is 6.92 Å². The van der Waals surface area contributed by atoms with E-state index in [4.69, 9.17) is 0 Å². The summed E-state index contributed by atoms with van der Waals surface area (Å²) in [5, 5.41) is 9.19. The van der Waals surface area contributed by atoms with E-state index in [1.165, 1.54) is 0 Å². The van der Waals surface area contributed by atoms with Gasteiger partial charge in [-0.05, 0) is 49.4 Å². The van der Waals surface area contributed by atoms with Crippen LogP contribution in [-0.2, 0) is 0 Å². The molecule has 0 spiro atoms. The summed E-state index contributed by atoms with van der Waals surface area (Å²) in [5.41, 5.74) is -4.57. The van der Waals surface area contributed by atoms with Gasteiger partial charge in [-0.15, -0.1) is 0 Å². The highest BCUT2D eigenvalue weighted by atomic mass is 19.4. The van der Waals surface area contributed by atoms with Crippen molar-refractivity contribution in [3.63, 3.8) is 0 Å². The molecule has 2 aliphatic rings. The Hall–Kier alpha value is -0.460. The second-order valence-electron chi connectivity index (χ2n) is 6.02. The first kappa shape index (κ1) is 14.9. The van der Waals surface area contributed by atoms with Crippen molar-refractivity contribution < 1.29 is 31.4 Å². The zero-order valence-corrected chi connectivity index (χ0v) is 10.4. The maximum atomic E-state index is 12.6. The Bertz CT molecular complexity index is 331. The zero-order chi connectivity index (χ0) is 14.6. The summed E-state index contributed by atoms with van der Waals surface area (Å²) in [6.07, 6.45) is -10.9. The van der Waals surface area contributed by atoms with E-state index in [0.717, 1.165) is 0 Å². The molecule has 0 aliphatic heterocycles. The second kappa shape index (κ2) is 4.27. The van der Waals surface area contributed by atoms with E-state index in [2.05, 4.69) is 0 Å². The average molecular weight is 290 g/mol. The predicted molar refractivity (Wildman–Crippen MR) is 55.2 cm³/mol. The van der Waals surface area contributed by atoms with Crippen LogP contribution in [0.15, 0.2) is 0 Å². The maximum absolute atomic E-state index is 12.6. The topological polar surface area (TPSA) is 20.2 Å². The predicted octanol–water partition coefficient (Wildman–Crippen LogP) is 3.91. The van der Waals surface area contributed by atoms with E-state index >= 15 is 0 Å². The fourth-order valence-electron chi connectivity index (χ4n) is 3.70. The van der Waals surface area contributed by atoms with Crippen LogP contribution in [0, 0.1) is 23.7 Å². The number of aliphatic hydroxyl groups is 1. The van der Waals surface area contributed by atoms with Gasteiger partial charge in [-0.3, -0.25) is 0 Å². The zero-order valence-electron chi connectivity index (χ0n) is 10.4. The van der Waals surface area contributed by atoms with Gasteiger partial charge in [-0.2, -0.15) is 26.3 Å². The van der Waals surface area contributed by atoms with Gasteiger partial charge in [0.25, 0.3) is 5.60 Å². The van der Waals surface area contributed by atoms with Crippen LogP contribution in [0.4, 0.5) is 26.3 Å². The lowest BCUT2D eigenvalue weighted by Crippen LogP contribution is -2.58. The molecule has 0 radical (unpaired) electrons. The first-order valence-corrected chi connectivity index (χ1v) is 6.31. The lowest BCUT2D eigenvalue weighted by atomic mass is 9.77. The molecule has 2 aliphatic carbocycles. The lowest BCUT2D eigenvalue weighted by molar-refractivity contribution is -0.373. The lowest BCUT2D eigenvalue weighted by Gasteiger charge is -2.37. The first-order chi connectivity index (χ1) is 8.46. The van der Waals surface area contributed by atoms with E-state index in [1.807, 2.05) is 6.92 Å². The van der Waals surface area contributed by atoms with Gasteiger partial charge in [0, 0.05) is 0 Å². The van der Waals surface area contributed by atoms with E-state index in [1.54, 1.807) is 0 Å². The van der Waals surface area contributed by atoms with Crippen molar-refractivity contribution in [1.29, 1.82) is 0 Å². The van der Waals surface area contributed by atoms with Crippen molar-refractivity contribution in [2.24, 2.45) is 23.7 Å². The first-order valence-electron chi connectivity index (χ1n) is 6.31. The third kappa shape index (κ3) is 2.34. The van der Waals surface area contributed by atoms with Crippen molar-refractivity contribution >= 4 is 0 Å². The van der Waals surface area contributed by atoms with E-state index in [9.17, 15) is 31.4 Å². The molecular formula is C12H16F6O. The molecule has 4 atom stereocenters. The summed E-state index contributed by atoms with van der Waals surface area (Å²) in [6.45, 7) is 1.97. The third-order valence-corrected chi connectivity index (χ3v) is 4.85. The van der Waals surface area contributed by atoms with Gasteiger partial charge in [-0.25, -0.2) is 0 Å². The molecule has 2 unspecified atom stereocenters. The molecule has 0 aromatic rings. The summed E-state index contributed by atoms with van der Waals surface area (Å²) in [5.74, 6) is -0.225. The summed E-state index contributed by atoms with van der Waals surface area (Å²) in [7, 11) is 0. The van der Waals surface area contributed by atoms with Crippen LogP contribution in [0.1, 0.15) is 32.6 Å². The molecule has 0 amide bonds. The number of hydrogen-bond donors (Lipinski definition) is 1. The Morgan fingerprint density at radius 1 is 0.895 bits per heavy atom. The number of alkyl halides is 6. The highest BCUT2D eigenvalue weighted by Crippen LogP contribution is 2.56. The summed E-state index contributed by atoms with van der Waals surface area (Å²) < 4.78 is 75.6. The van der Waals surface area contributed by atoms with Crippen LogP contribution in [0.25, 0.3) is 0 Å². The van der Waals surface area contributed by atoms with Crippen molar-refractivity contribution in [1.82, 2.24) is 0 Å². The Balaban J connectivity index is 2.16. The van der Waals surface area contributed by atoms with E-state index in [0.29, 0.717) is 25.2 Å². The Morgan fingerprint density at radius 3 is 1.74 bits per heavy atom. The molecule has 2 rings (SSSR count). The molecular weight excluding hydrogens is 274 g/mol. The standard InChI is InChI=1S/C12H16F6O/c1-6-2-8-3-7(6)4-9(8)5-10(19,11(13,14)15)12(16,17)18/h6-9,19H,2-5H2,1H3/t6-,7+,8?,9?/m1/s1. The van der Waals surface area contributed by atoms with Gasteiger partial charge >= 0.3 is 12.4 Å². The molecule has 7 heteroatoms. The highest BCUT2D eigenvalue weighted by Gasteiger charge is 2.71. The summed E-state index contributed by atoms with van der Waals surface area (Å²) in [4.78, 5) is 0. The SMILES string of the molecule is C[C@@H]1CC2C[C@H]1CC2CC(O)(C(F)(F)F)C(F)(F)F. The normalized spacial score (nSPS) is 36.0. The van der Waals surface area contributed by atoms with Gasteiger partial charge < -0.3 is 5.11 Å². The molecule has 0 heterocycles. The molecule has 0 aromatic carbocycles. The van der Waals surface area contributed by atoms with Crippen molar-refractivity contribution in [2.75, 3.05) is 0 Å². The van der Waals surface area contributed by atoms with Gasteiger partial charge in [0.2, 0.25) is 0 Å². The van der Waals surface area contributed by atoms with Crippen LogP contribution in [0.3, 0.4) is 0 Å². The van der Waals surface area contributed by atoms with Crippen LogP contribution in [-0.4, -0.2) is 23.1 Å².